The highest BCUT2D eigenvalue weighted by atomic mass is 16.5. The van der Waals surface area contributed by atoms with Crippen molar-refractivity contribution in [2.45, 2.75) is 69.8 Å². The second kappa shape index (κ2) is 9.60. The molecule has 2 N–H and O–H groups in total. The second-order valence-corrected chi connectivity index (χ2v) is 14.1. The monoisotopic (exact) mass is 580 g/mol. The molecule has 3 aliphatic heterocycles. The Labute approximate surface area is 251 Å². The predicted octanol–water partition coefficient (Wildman–Crippen LogP) is 4.45. The summed E-state index contributed by atoms with van der Waals surface area (Å²) in [5.41, 5.74) is 4.15. The summed E-state index contributed by atoms with van der Waals surface area (Å²) in [6.07, 6.45) is 7.87. The molecular formula is C36H40N2O5. The first-order chi connectivity index (χ1) is 20.8. The number of benzene rings is 2. The van der Waals surface area contributed by atoms with Gasteiger partial charge in [0.05, 0.1) is 5.56 Å². The van der Waals surface area contributed by atoms with Gasteiger partial charge in [-0.2, -0.15) is 0 Å². The van der Waals surface area contributed by atoms with Gasteiger partial charge in [-0.1, -0.05) is 36.4 Å². The van der Waals surface area contributed by atoms with Gasteiger partial charge in [-0.25, -0.2) is 0 Å². The van der Waals surface area contributed by atoms with Crippen LogP contribution in [0.1, 0.15) is 62.5 Å². The molecule has 43 heavy (non-hydrogen) atoms. The molecule has 3 aromatic rings. The normalized spacial score (nSPS) is 28.9. The van der Waals surface area contributed by atoms with Crippen LogP contribution in [-0.2, 0) is 14.9 Å². The molecule has 0 bridgehead atoms. The molecule has 0 radical (unpaired) electrons. The van der Waals surface area contributed by atoms with Crippen molar-refractivity contribution in [3.8, 4) is 28.0 Å². The molecule has 7 heteroatoms. The van der Waals surface area contributed by atoms with Crippen molar-refractivity contribution in [2.24, 2.45) is 16.7 Å². The lowest BCUT2D eigenvalue weighted by molar-refractivity contribution is -0.142. The summed E-state index contributed by atoms with van der Waals surface area (Å²) in [5.74, 6) is 0.216. The number of carbonyl (C=O) groups excluding carboxylic acids is 1. The molecule has 1 amide bonds. The van der Waals surface area contributed by atoms with Gasteiger partial charge in [0.1, 0.15) is 6.10 Å². The van der Waals surface area contributed by atoms with Gasteiger partial charge in [0.15, 0.2) is 5.75 Å². The number of likely N-dealkylation sites (tertiary alicyclic amines) is 1. The zero-order valence-corrected chi connectivity index (χ0v) is 24.9. The minimum atomic E-state index is -0.782. The topological polar surface area (TPSA) is 95.9 Å². The largest absolute Gasteiger partial charge is 0.503 e. The third kappa shape index (κ3) is 3.90. The first-order valence-electron chi connectivity index (χ1n) is 16.1. The van der Waals surface area contributed by atoms with E-state index in [1.807, 2.05) is 23.1 Å². The Bertz CT molecular complexity index is 1670. The Balaban J connectivity index is 1.20. The van der Waals surface area contributed by atoms with E-state index in [0.717, 1.165) is 105 Å². The van der Waals surface area contributed by atoms with Crippen molar-refractivity contribution in [1.82, 2.24) is 10.2 Å². The first-order valence-corrected chi connectivity index (χ1v) is 16.1. The molecule has 3 aromatic carbocycles. The first kappa shape index (κ1) is 27.3. The highest BCUT2D eigenvalue weighted by Crippen LogP contribution is 2.83. The molecule has 2 spiro atoms. The number of aryl methyl sites for hydroxylation is 1. The van der Waals surface area contributed by atoms with Crippen LogP contribution in [-0.4, -0.2) is 54.8 Å². The van der Waals surface area contributed by atoms with Gasteiger partial charge in [-0.3, -0.25) is 14.4 Å². The molecule has 1 unspecified atom stereocenters. The number of ether oxygens (including phenoxy) is 1. The summed E-state index contributed by atoms with van der Waals surface area (Å²) in [6, 6.07) is 14.5. The van der Waals surface area contributed by atoms with E-state index in [2.05, 4.69) is 36.5 Å². The Morgan fingerprint density at radius 1 is 1.00 bits per heavy atom. The fourth-order valence-corrected chi connectivity index (χ4v) is 9.67. The summed E-state index contributed by atoms with van der Waals surface area (Å²) < 4.78 is 5.71. The molecule has 8 rings (SSSR count). The molecule has 3 atom stereocenters. The fraction of sp³-hybridized carbons (Fsp3) is 0.528. The van der Waals surface area contributed by atoms with Gasteiger partial charge in [-0.15, -0.1) is 0 Å². The SMILES string of the molecule is Cc1cc(C2([C@H]3CC34CCN(C(=O)[C@H]3CCCO3)CC4)CC23CCNCC3)c(-c2c(O)c(=O)c2=O)cc1-c1ccccc1. The Morgan fingerprint density at radius 2 is 1.74 bits per heavy atom. The lowest BCUT2D eigenvalue weighted by Crippen LogP contribution is -2.45. The minimum absolute atomic E-state index is 0.114. The molecule has 5 aliphatic rings. The number of hydrogen-bond acceptors (Lipinski definition) is 6. The number of rotatable bonds is 5. The van der Waals surface area contributed by atoms with Crippen LogP contribution in [0.15, 0.2) is 52.1 Å². The van der Waals surface area contributed by atoms with E-state index in [0.29, 0.717) is 12.5 Å². The maximum Gasteiger partial charge on any atom is 0.268 e. The zero-order valence-electron chi connectivity index (χ0n) is 24.9. The number of nitrogens with zero attached hydrogens (tertiary/aromatic N) is 1. The molecule has 2 saturated carbocycles. The van der Waals surface area contributed by atoms with E-state index in [4.69, 9.17) is 4.74 Å². The van der Waals surface area contributed by atoms with Crippen molar-refractivity contribution < 1.29 is 14.6 Å². The lowest BCUT2D eigenvalue weighted by Gasteiger charge is -2.38. The highest BCUT2D eigenvalue weighted by Gasteiger charge is 2.78. The van der Waals surface area contributed by atoms with E-state index < -0.39 is 16.6 Å². The molecule has 3 heterocycles. The summed E-state index contributed by atoms with van der Waals surface area (Å²) in [7, 11) is 0. The number of piperidine rings is 2. The van der Waals surface area contributed by atoms with E-state index in [1.54, 1.807) is 0 Å². The third-order valence-corrected chi connectivity index (χ3v) is 12.1. The minimum Gasteiger partial charge on any atom is -0.503 e. The van der Waals surface area contributed by atoms with Crippen LogP contribution in [0.2, 0.25) is 0 Å². The average Bonchev–Trinajstić information content (AvgIpc) is 3.79. The molecule has 2 aliphatic carbocycles. The number of hydrogen-bond donors (Lipinski definition) is 2. The van der Waals surface area contributed by atoms with Gasteiger partial charge in [-0.05, 0) is 122 Å². The number of carbonyl (C=O) groups is 1. The van der Waals surface area contributed by atoms with Crippen molar-refractivity contribution in [1.29, 1.82) is 0 Å². The summed E-state index contributed by atoms with van der Waals surface area (Å²) in [4.78, 5) is 40.5. The molecule has 224 valence electrons. The van der Waals surface area contributed by atoms with Crippen LogP contribution >= 0.6 is 0 Å². The maximum atomic E-state index is 13.1. The molecular weight excluding hydrogens is 540 g/mol. The van der Waals surface area contributed by atoms with Crippen molar-refractivity contribution in [3.63, 3.8) is 0 Å². The average molecular weight is 581 g/mol. The molecule has 5 fully saturated rings. The van der Waals surface area contributed by atoms with E-state index in [-0.39, 0.29) is 33.8 Å². The van der Waals surface area contributed by atoms with Crippen LogP contribution in [0.25, 0.3) is 22.3 Å². The Morgan fingerprint density at radius 3 is 2.42 bits per heavy atom. The van der Waals surface area contributed by atoms with Crippen molar-refractivity contribution in [3.05, 3.63) is 74.0 Å². The van der Waals surface area contributed by atoms with Crippen LogP contribution < -0.4 is 16.2 Å². The van der Waals surface area contributed by atoms with E-state index in [1.165, 1.54) is 0 Å². The number of nitrogens with one attached hydrogen (secondary N) is 1. The fourth-order valence-electron chi connectivity index (χ4n) is 9.67. The van der Waals surface area contributed by atoms with Gasteiger partial charge in [0, 0.05) is 25.1 Å². The van der Waals surface area contributed by atoms with Crippen LogP contribution in [0.5, 0.6) is 5.75 Å². The van der Waals surface area contributed by atoms with Crippen LogP contribution in [0.3, 0.4) is 0 Å². The third-order valence-electron chi connectivity index (χ3n) is 12.1. The zero-order chi connectivity index (χ0) is 29.6. The standard InChI is InChI=1S/C36H40N2O5/c1-22-18-26(25(29-30(39)32(41)31(29)40)19-24(22)23-6-3-2-4-7-23)36(21-35(36)9-13-37-14-10-35)28-20-34(28)11-15-38(16-12-34)33(42)27-8-5-17-43-27/h2-4,6-7,18-19,27-28,37,39H,5,8-17,20-21H2,1H3/t27-,28+,36?/m1/s1. The smallest absolute Gasteiger partial charge is 0.268 e. The number of aromatic hydroxyl groups is 1. The van der Waals surface area contributed by atoms with Crippen LogP contribution in [0, 0.1) is 23.7 Å². The van der Waals surface area contributed by atoms with E-state index >= 15 is 0 Å². The molecule has 0 aromatic heterocycles. The predicted molar refractivity (Wildman–Crippen MR) is 165 cm³/mol. The molecule has 3 saturated heterocycles. The quantitative estimate of drug-likeness (QED) is 0.433. The summed E-state index contributed by atoms with van der Waals surface area (Å²) >= 11 is 0. The van der Waals surface area contributed by atoms with Gasteiger partial charge in [0.2, 0.25) is 5.43 Å². The lowest BCUT2D eigenvalue weighted by atomic mass is 9.71. The summed E-state index contributed by atoms with van der Waals surface area (Å²) in [6.45, 7) is 6.33. The number of amides is 1. The van der Waals surface area contributed by atoms with Crippen LogP contribution in [0.4, 0.5) is 0 Å². The Kier molecular flexibility index (Phi) is 6.09. The van der Waals surface area contributed by atoms with Gasteiger partial charge < -0.3 is 20.1 Å². The van der Waals surface area contributed by atoms with Gasteiger partial charge >= 0.3 is 0 Å². The highest BCUT2D eigenvalue weighted by molar-refractivity contribution is 5.84. The van der Waals surface area contributed by atoms with Crippen molar-refractivity contribution in [2.75, 3.05) is 32.8 Å². The summed E-state index contributed by atoms with van der Waals surface area (Å²) in [5, 5.41) is 14.3. The van der Waals surface area contributed by atoms with E-state index in [9.17, 15) is 19.5 Å². The maximum absolute atomic E-state index is 13.1. The Hall–Kier alpha value is -3.29. The van der Waals surface area contributed by atoms with Gasteiger partial charge in [0.25, 0.3) is 11.3 Å². The second-order valence-electron chi connectivity index (χ2n) is 14.1. The van der Waals surface area contributed by atoms with Crippen molar-refractivity contribution >= 4 is 5.91 Å². The molecule has 7 nitrogen and oxygen atoms in total.